The van der Waals surface area contributed by atoms with E-state index in [-0.39, 0.29) is 24.4 Å². The Morgan fingerprint density at radius 1 is 1.33 bits per heavy atom. The van der Waals surface area contributed by atoms with Crippen LogP contribution in [0.1, 0.15) is 34.1 Å². The van der Waals surface area contributed by atoms with Crippen LogP contribution in [0.25, 0.3) is 0 Å². The van der Waals surface area contributed by atoms with Gasteiger partial charge in [-0.05, 0) is 42.0 Å². The number of benzene rings is 1. The first-order chi connectivity index (χ1) is 11.7. The molecule has 1 atom stereocenters. The van der Waals surface area contributed by atoms with Gasteiger partial charge in [0.15, 0.2) is 0 Å². The number of ether oxygens (including phenoxy) is 1. The number of hydrogen-bond donors (Lipinski definition) is 1. The second-order valence-electron chi connectivity index (χ2n) is 5.68. The molecule has 5 nitrogen and oxygen atoms in total. The van der Waals surface area contributed by atoms with Gasteiger partial charge in [0.2, 0.25) is 5.91 Å². The van der Waals surface area contributed by atoms with Gasteiger partial charge in [0.25, 0.3) is 5.91 Å². The second kappa shape index (κ2) is 7.49. The molecule has 1 unspecified atom stereocenters. The minimum Gasteiger partial charge on any atom is -0.497 e. The minimum absolute atomic E-state index is 0.0250. The number of amides is 2. The van der Waals surface area contributed by atoms with E-state index in [0.29, 0.717) is 4.88 Å². The van der Waals surface area contributed by atoms with Gasteiger partial charge in [0.1, 0.15) is 5.75 Å². The largest absolute Gasteiger partial charge is 0.497 e. The predicted molar refractivity (Wildman–Crippen MR) is 93.3 cm³/mol. The molecule has 0 saturated carbocycles. The fraction of sp³-hybridized carbons (Fsp3) is 0.333. The Bertz CT molecular complexity index is 715. The maximum Gasteiger partial charge on any atom is 0.261 e. The van der Waals surface area contributed by atoms with E-state index in [0.717, 1.165) is 30.7 Å². The fourth-order valence-electron chi connectivity index (χ4n) is 3.01. The monoisotopic (exact) mass is 344 g/mol. The zero-order chi connectivity index (χ0) is 16.9. The van der Waals surface area contributed by atoms with Crippen LogP contribution < -0.4 is 10.1 Å². The highest BCUT2D eigenvalue weighted by molar-refractivity contribution is 7.12. The van der Waals surface area contributed by atoms with Crippen molar-refractivity contribution in [3.63, 3.8) is 0 Å². The van der Waals surface area contributed by atoms with Crippen LogP contribution >= 0.6 is 11.3 Å². The van der Waals surface area contributed by atoms with E-state index in [1.807, 2.05) is 40.6 Å². The highest BCUT2D eigenvalue weighted by Crippen LogP contribution is 2.33. The van der Waals surface area contributed by atoms with Crippen molar-refractivity contribution in [2.45, 2.75) is 18.9 Å². The second-order valence-corrected chi connectivity index (χ2v) is 6.63. The normalized spacial score (nSPS) is 16.9. The number of nitrogens with zero attached hydrogens (tertiary/aromatic N) is 1. The van der Waals surface area contributed by atoms with Crippen LogP contribution in [-0.2, 0) is 4.79 Å². The molecular weight excluding hydrogens is 324 g/mol. The highest BCUT2D eigenvalue weighted by Gasteiger charge is 2.30. The smallest absolute Gasteiger partial charge is 0.261 e. The van der Waals surface area contributed by atoms with E-state index in [1.165, 1.54) is 11.3 Å². The molecule has 1 saturated heterocycles. The topological polar surface area (TPSA) is 58.6 Å². The molecule has 1 aromatic heterocycles. The van der Waals surface area contributed by atoms with Crippen LogP contribution in [0.4, 0.5) is 0 Å². The summed E-state index contributed by atoms with van der Waals surface area (Å²) in [5, 5.41) is 4.56. The van der Waals surface area contributed by atoms with Crippen molar-refractivity contribution in [2.24, 2.45) is 0 Å². The van der Waals surface area contributed by atoms with Crippen molar-refractivity contribution in [1.29, 1.82) is 0 Å². The number of methoxy groups -OCH3 is 1. The van der Waals surface area contributed by atoms with Crippen molar-refractivity contribution in [2.75, 3.05) is 20.2 Å². The number of thiophene rings is 1. The van der Waals surface area contributed by atoms with Crippen LogP contribution in [0, 0.1) is 0 Å². The predicted octanol–water partition coefficient (Wildman–Crippen LogP) is 2.85. The highest BCUT2D eigenvalue weighted by atomic mass is 32.1. The molecule has 0 aliphatic carbocycles. The molecule has 2 heterocycles. The van der Waals surface area contributed by atoms with Crippen LogP contribution in [0.2, 0.25) is 0 Å². The van der Waals surface area contributed by atoms with Gasteiger partial charge >= 0.3 is 0 Å². The number of rotatable bonds is 5. The third kappa shape index (κ3) is 3.59. The minimum atomic E-state index is -0.199. The van der Waals surface area contributed by atoms with Crippen LogP contribution in [0.3, 0.4) is 0 Å². The van der Waals surface area contributed by atoms with Gasteiger partial charge in [-0.3, -0.25) is 9.59 Å². The summed E-state index contributed by atoms with van der Waals surface area (Å²) >= 11 is 1.37. The maximum absolute atomic E-state index is 12.5. The van der Waals surface area contributed by atoms with Crippen molar-refractivity contribution in [3.05, 3.63) is 52.2 Å². The maximum atomic E-state index is 12.5. The first-order valence-corrected chi connectivity index (χ1v) is 8.82. The molecule has 1 aliphatic heterocycles. The van der Waals surface area contributed by atoms with Crippen molar-refractivity contribution in [1.82, 2.24) is 10.2 Å². The Morgan fingerprint density at radius 3 is 2.96 bits per heavy atom. The average molecular weight is 344 g/mol. The lowest BCUT2D eigenvalue weighted by molar-refractivity contribution is -0.131. The molecule has 1 aliphatic rings. The molecule has 1 fully saturated rings. The molecule has 24 heavy (non-hydrogen) atoms. The molecule has 1 N–H and O–H groups in total. The lowest BCUT2D eigenvalue weighted by Crippen LogP contribution is -2.39. The summed E-state index contributed by atoms with van der Waals surface area (Å²) in [7, 11) is 1.64. The third-order valence-corrected chi connectivity index (χ3v) is 5.07. The average Bonchev–Trinajstić information content (AvgIpc) is 3.30. The lowest BCUT2D eigenvalue weighted by Gasteiger charge is -2.25. The number of carbonyl (C=O) groups is 2. The van der Waals surface area contributed by atoms with E-state index in [4.69, 9.17) is 4.74 Å². The molecule has 2 amide bonds. The summed E-state index contributed by atoms with van der Waals surface area (Å²) in [6.07, 6.45) is 1.89. The number of likely N-dealkylation sites (tertiary alicyclic amines) is 1. The molecule has 3 rings (SSSR count). The molecule has 0 spiro atoms. The summed E-state index contributed by atoms with van der Waals surface area (Å²) in [6.45, 7) is 0.743. The number of carbonyl (C=O) groups excluding carboxylic acids is 2. The van der Waals surface area contributed by atoms with Crippen molar-refractivity contribution < 1.29 is 14.3 Å². The van der Waals surface area contributed by atoms with Gasteiger partial charge in [-0.1, -0.05) is 18.2 Å². The number of nitrogens with one attached hydrogen (secondary N) is 1. The summed E-state index contributed by atoms with van der Waals surface area (Å²) in [4.78, 5) is 27.0. The van der Waals surface area contributed by atoms with Gasteiger partial charge in [-0.2, -0.15) is 0 Å². The van der Waals surface area contributed by atoms with E-state index >= 15 is 0 Å². The van der Waals surface area contributed by atoms with Gasteiger partial charge < -0.3 is 15.0 Å². The first-order valence-electron chi connectivity index (χ1n) is 7.94. The van der Waals surface area contributed by atoms with Gasteiger partial charge in [0, 0.05) is 6.54 Å². The standard InChI is InChI=1S/C18H20N2O3S/c1-23-14-6-2-5-13(11-14)15-7-3-9-20(15)17(21)12-19-18(22)16-8-4-10-24-16/h2,4-6,8,10-11,15H,3,7,9,12H2,1H3,(H,19,22). The van der Waals surface area contributed by atoms with E-state index < -0.39 is 0 Å². The Labute approximate surface area is 145 Å². The summed E-state index contributed by atoms with van der Waals surface area (Å²) in [5.74, 6) is 0.540. The molecular formula is C18H20N2O3S. The SMILES string of the molecule is COc1cccc(C2CCCN2C(=O)CNC(=O)c2cccs2)c1. The van der Waals surface area contributed by atoms with E-state index in [2.05, 4.69) is 5.32 Å². The van der Waals surface area contributed by atoms with Gasteiger partial charge in [-0.25, -0.2) is 0 Å². The summed E-state index contributed by atoms with van der Waals surface area (Å²) in [5.41, 5.74) is 1.07. The van der Waals surface area contributed by atoms with Crippen LogP contribution in [0.15, 0.2) is 41.8 Å². The molecule has 126 valence electrons. The zero-order valence-corrected chi connectivity index (χ0v) is 14.3. The molecule has 1 aromatic carbocycles. The molecule has 2 aromatic rings. The number of hydrogen-bond acceptors (Lipinski definition) is 4. The first kappa shape index (κ1) is 16.5. The van der Waals surface area contributed by atoms with E-state index in [1.54, 1.807) is 13.2 Å². The van der Waals surface area contributed by atoms with Crippen LogP contribution in [-0.4, -0.2) is 36.9 Å². The third-order valence-electron chi connectivity index (χ3n) is 4.20. The van der Waals surface area contributed by atoms with Gasteiger partial charge in [-0.15, -0.1) is 11.3 Å². The Balaban J connectivity index is 1.64. The quantitative estimate of drug-likeness (QED) is 0.907. The fourth-order valence-corrected chi connectivity index (χ4v) is 3.65. The summed E-state index contributed by atoms with van der Waals surface area (Å²) in [6, 6.07) is 11.4. The zero-order valence-electron chi connectivity index (χ0n) is 13.5. The van der Waals surface area contributed by atoms with Crippen molar-refractivity contribution in [3.8, 4) is 5.75 Å². The van der Waals surface area contributed by atoms with Crippen molar-refractivity contribution >= 4 is 23.2 Å². The van der Waals surface area contributed by atoms with Gasteiger partial charge in [0.05, 0.1) is 24.6 Å². The van der Waals surface area contributed by atoms with Crippen LogP contribution in [0.5, 0.6) is 5.75 Å². The van der Waals surface area contributed by atoms with E-state index in [9.17, 15) is 9.59 Å². The molecule has 0 bridgehead atoms. The molecule has 0 radical (unpaired) electrons. The Hall–Kier alpha value is -2.34. The Kier molecular flexibility index (Phi) is 5.15. The summed E-state index contributed by atoms with van der Waals surface area (Å²) < 4.78 is 5.27. The Morgan fingerprint density at radius 2 is 2.21 bits per heavy atom. The molecule has 6 heteroatoms. The lowest BCUT2D eigenvalue weighted by atomic mass is 10.0.